The average molecular weight is 308 g/mol. The van der Waals surface area contributed by atoms with Crippen LogP contribution in [0.1, 0.15) is 22.5 Å². The molecule has 0 bridgehead atoms. The molecule has 0 aliphatic carbocycles. The van der Waals surface area contributed by atoms with Gasteiger partial charge in [-0.3, -0.25) is 10.1 Å². The van der Waals surface area contributed by atoms with Crippen molar-refractivity contribution in [2.75, 3.05) is 5.32 Å². The number of nitrogens with zero attached hydrogens (tertiary/aromatic N) is 4. The highest BCUT2D eigenvalue weighted by atomic mass is 35.5. The van der Waals surface area contributed by atoms with E-state index >= 15 is 0 Å². The molecule has 0 amide bonds. The molecule has 0 unspecified atom stereocenters. The summed E-state index contributed by atoms with van der Waals surface area (Å²) in [7, 11) is 0. The molecule has 0 aliphatic rings. The van der Waals surface area contributed by atoms with Gasteiger partial charge < -0.3 is 5.32 Å². The molecule has 0 saturated heterocycles. The second-order valence-electron chi connectivity index (χ2n) is 4.68. The smallest absolute Gasteiger partial charge is 0.319 e. The Morgan fingerprint density at radius 1 is 1.14 bits per heavy atom. The molecule has 2 aromatic rings. The van der Waals surface area contributed by atoms with Gasteiger partial charge in [0.1, 0.15) is 11.6 Å². The molecule has 2 aromatic heterocycles. The van der Waals surface area contributed by atoms with Crippen LogP contribution in [-0.2, 0) is 0 Å². The topological polar surface area (TPSA) is 93.8 Å². The largest absolute Gasteiger partial charge is 0.348 e. The van der Waals surface area contributed by atoms with E-state index in [0.717, 1.165) is 16.7 Å². The normalized spacial score (nSPS) is 10.5. The minimum atomic E-state index is -0.611. The molecule has 0 saturated carbocycles. The lowest BCUT2D eigenvalue weighted by Gasteiger charge is -2.12. The number of aryl methyl sites for hydroxylation is 2. The zero-order valence-corrected chi connectivity index (χ0v) is 12.8. The SMILES string of the molecule is Cc1nc(Cl)c([N+](=O)[O-])c(Nc2ncc(C)c(C)c2C)n1. The van der Waals surface area contributed by atoms with Gasteiger partial charge in [-0.15, -0.1) is 0 Å². The lowest BCUT2D eigenvalue weighted by atomic mass is 10.1. The van der Waals surface area contributed by atoms with Gasteiger partial charge in [-0.2, -0.15) is 0 Å². The molecular formula is C13H14ClN5O2. The number of nitrogens with one attached hydrogen (secondary N) is 1. The first-order valence-electron chi connectivity index (χ1n) is 6.19. The van der Waals surface area contributed by atoms with Crippen molar-refractivity contribution >= 4 is 28.9 Å². The van der Waals surface area contributed by atoms with Crippen LogP contribution in [0.5, 0.6) is 0 Å². The number of aromatic nitrogens is 3. The molecule has 0 spiro atoms. The summed E-state index contributed by atoms with van der Waals surface area (Å²) < 4.78 is 0. The van der Waals surface area contributed by atoms with Crippen LogP contribution in [-0.4, -0.2) is 19.9 Å². The van der Waals surface area contributed by atoms with E-state index in [1.165, 1.54) is 0 Å². The molecule has 110 valence electrons. The summed E-state index contributed by atoms with van der Waals surface area (Å²) in [5.41, 5.74) is 2.65. The van der Waals surface area contributed by atoms with E-state index in [4.69, 9.17) is 11.6 Å². The van der Waals surface area contributed by atoms with E-state index in [0.29, 0.717) is 11.6 Å². The second kappa shape index (κ2) is 5.61. The van der Waals surface area contributed by atoms with Crippen LogP contribution >= 0.6 is 11.6 Å². The number of halogens is 1. The highest BCUT2D eigenvalue weighted by molar-refractivity contribution is 6.31. The van der Waals surface area contributed by atoms with Gasteiger partial charge in [-0.25, -0.2) is 15.0 Å². The van der Waals surface area contributed by atoms with Gasteiger partial charge in [0.25, 0.3) is 0 Å². The molecule has 2 rings (SSSR count). The van der Waals surface area contributed by atoms with Crippen molar-refractivity contribution in [3.63, 3.8) is 0 Å². The van der Waals surface area contributed by atoms with Gasteiger partial charge in [-0.05, 0) is 44.4 Å². The number of nitro groups is 1. The summed E-state index contributed by atoms with van der Waals surface area (Å²) in [6.07, 6.45) is 1.70. The van der Waals surface area contributed by atoms with Crippen LogP contribution in [0.15, 0.2) is 6.20 Å². The summed E-state index contributed by atoms with van der Waals surface area (Å²) in [5, 5.41) is 13.8. The highest BCUT2D eigenvalue weighted by Gasteiger charge is 2.23. The Morgan fingerprint density at radius 2 is 1.81 bits per heavy atom. The molecule has 0 aliphatic heterocycles. The van der Waals surface area contributed by atoms with E-state index in [2.05, 4.69) is 20.3 Å². The summed E-state index contributed by atoms with van der Waals surface area (Å²) in [5.74, 6) is 0.890. The van der Waals surface area contributed by atoms with Gasteiger partial charge in [0.05, 0.1) is 4.92 Å². The van der Waals surface area contributed by atoms with Crippen molar-refractivity contribution < 1.29 is 4.92 Å². The highest BCUT2D eigenvalue weighted by Crippen LogP contribution is 2.32. The number of hydrogen-bond donors (Lipinski definition) is 1. The van der Waals surface area contributed by atoms with Crippen LogP contribution in [0.3, 0.4) is 0 Å². The van der Waals surface area contributed by atoms with E-state index in [-0.39, 0.29) is 16.7 Å². The molecule has 8 heteroatoms. The van der Waals surface area contributed by atoms with E-state index in [1.807, 2.05) is 20.8 Å². The maximum Gasteiger partial charge on any atom is 0.348 e. The van der Waals surface area contributed by atoms with Crippen molar-refractivity contribution in [2.45, 2.75) is 27.7 Å². The maximum atomic E-state index is 11.1. The summed E-state index contributed by atoms with van der Waals surface area (Å²) >= 11 is 5.84. The summed E-state index contributed by atoms with van der Waals surface area (Å²) in [4.78, 5) is 22.6. The van der Waals surface area contributed by atoms with Gasteiger partial charge in [0, 0.05) is 6.20 Å². The number of hydrogen-bond acceptors (Lipinski definition) is 6. The van der Waals surface area contributed by atoms with Crippen LogP contribution < -0.4 is 5.32 Å². The number of rotatable bonds is 3. The third kappa shape index (κ3) is 2.92. The molecular weight excluding hydrogens is 294 g/mol. The predicted octanol–water partition coefficient (Wildman–Crippen LogP) is 3.41. The van der Waals surface area contributed by atoms with Crippen molar-refractivity contribution in [1.29, 1.82) is 0 Å². The van der Waals surface area contributed by atoms with Gasteiger partial charge in [-0.1, -0.05) is 11.6 Å². The monoisotopic (exact) mass is 307 g/mol. The van der Waals surface area contributed by atoms with Crippen LogP contribution in [0.25, 0.3) is 0 Å². The minimum Gasteiger partial charge on any atom is -0.319 e. The van der Waals surface area contributed by atoms with Crippen LogP contribution in [0.4, 0.5) is 17.3 Å². The van der Waals surface area contributed by atoms with Crippen molar-refractivity contribution in [3.8, 4) is 0 Å². The van der Waals surface area contributed by atoms with Gasteiger partial charge >= 0.3 is 5.69 Å². The zero-order valence-electron chi connectivity index (χ0n) is 12.1. The van der Waals surface area contributed by atoms with Crippen LogP contribution in [0.2, 0.25) is 5.15 Å². The molecule has 21 heavy (non-hydrogen) atoms. The van der Waals surface area contributed by atoms with Gasteiger partial charge in [0.2, 0.25) is 11.0 Å². The first-order valence-corrected chi connectivity index (χ1v) is 6.57. The predicted molar refractivity (Wildman–Crippen MR) is 80.2 cm³/mol. The Labute approximate surface area is 126 Å². The van der Waals surface area contributed by atoms with E-state index in [1.54, 1.807) is 13.1 Å². The first-order chi connectivity index (χ1) is 9.81. The van der Waals surface area contributed by atoms with Crippen LogP contribution in [0, 0.1) is 37.8 Å². The maximum absolute atomic E-state index is 11.1. The van der Waals surface area contributed by atoms with Crippen molar-refractivity contribution in [3.05, 3.63) is 44.0 Å². The van der Waals surface area contributed by atoms with E-state index in [9.17, 15) is 10.1 Å². The zero-order chi connectivity index (χ0) is 15.7. The standard InChI is InChI=1S/C13H14ClN5O2/c1-6-5-15-12(8(3)7(6)2)18-13-10(19(20)21)11(14)16-9(4)17-13/h5H,1-4H3,(H,15,16,17,18). The summed E-state index contributed by atoms with van der Waals surface area (Å²) in [6, 6.07) is 0. The Kier molecular flexibility index (Phi) is 4.04. The lowest BCUT2D eigenvalue weighted by molar-refractivity contribution is -0.384. The molecule has 2 heterocycles. The Balaban J connectivity index is 2.54. The molecule has 7 nitrogen and oxygen atoms in total. The number of anilines is 2. The average Bonchev–Trinajstić information content (AvgIpc) is 2.38. The number of pyridine rings is 1. The molecule has 0 fully saturated rings. The third-order valence-corrected chi connectivity index (χ3v) is 3.53. The molecule has 0 radical (unpaired) electrons. The Hall–Kier alpha value is -2.28. The third-order valence-electron chi connectivity index (χ3n) is 3.27. The van der Waals surface area contributed by atoms with Crippen molar-refractivity contribution in [2.24, 2.45) is 0 Å². The fourth-order valence-electron chi connectivity index (χ4n) is 1.85. The summed E-state index contributed by atoms with van der Waals surface area (Å²) in [6.45, 7) is 7.41. The molecule has 0 aromatic carbocycles. The Bertz CT molecular complexity index is 733. The Morgan fingerprint density at radius 3 is 2.43 bits per heavy atom. The fraction of sp³-hybridized carbons (Fsp3) is 0.308. The molecule has 1 N–H and O–H groups in total. The van der Waals surface area contributed by atoms with Crippen molar-refractivity contribution in [1.82, 2.24) is 15.0 Å². The molecule has 0 atom stereocenters. The lowest BCUT2D eigenvalue weighted by Crippen LogP contribution is -2.06. The quantitative estimate of drug-likeness (QED) is 0.530. The van der Waals surface area contributed by atoms with Gasteiger partial charge in [0.15, 0.2) is 0 Å². The van der Waals surface area contributed by atoms with E-state index < -0.39 is 4.92 Å². The second-order valence-corrected chi connectivity index (χ2v) is 5.04. The minimum absolute atomic E-state index is 0.0383. The first kappa shape index (κ1) is 15.1. The fourth-order valence-corrected chi connectivity index (χ4v) is 2.13.